The van der Waals surface area contributed by atoms with Gasteiger partial charge in [-0.25, -0.2) is 8.42 Å². The molecule has 2 heterocycles. The number of aromatic nitrogens is 1. The van der Waals surface area contributed by atoms with E-state index in [9.17, 15) is 13.2 Å². The molecule has 1 fully saturated rings. The Hall–Kier alpha value is -3.23. The Labute approximate surface area is 207 Å². The van der Waals surface area contributed by atoms with Crippen LogP contribution in [0.4, 0.5) is 0 Å². The number of nitrogens with zero attached hydrogens (tertiary/aromatic N) is 2. The van der Waals surface area contributed by atoms with Gasteiger partial charge in [-0.3, -0.25) is 9.78 Å². The Bertz CT molecular complexity index is 1190. The summed E-state index contributed by atoms with van der Waals surface area (Å²) in [6, 6.07) is 18.4. The van der Waals surface area contributed by atoms with Crippen molar-refractivity contribution >= 4 is 15.9 Å². The Balaban J connectivity index is 1.20. The largest absolute Gasteiger partial charge is 0.489 e. The van der Waals surface area contributed by atoms with Crippen LogP contribution in [0.15, 0.2) is 78.0 Å². The number of carbonyl (C=O) groups is 1. The summed E-state index contributed by atoms with van der Waals surface area (Å²) in [6.07, 6.45) is 7.30. The van der Waals surface area contributed by atoms with E-state index in [4.69, 9.17) is 4.74 Å². The molecule has 7 nitrogen and oxygen atoms in total. The second-order valence-electron chi connectivity index (χ2n) is 8.68. The van der Waals surface area contributed by atoms with Crippen LogP contribution >= 0.6 is 0 Å². The van der Waals surface area contributed by atoms with Crippen LogP contribution in [0.2, 0.25) is 0 Å². The highest BCUT2D eigenvalue weighted by atomic mass is 32.2. The smallest absolute Gasteiger partial charge is 0.243 e. The van der Waals surface area contributed by atoms with Gasteiger partial charge in [0.1, 0.15) is 12.4 Å². The molecule has 1 N–H and O–H groups in total. The quantitative estimate of drug-likeness (QED) is 0.460. The first-order chi connectivity index (χ1) is 17.0. The molecule has 35 heavy (non-hydrogen) atoms. The molecule has 8 heteroatoms. The molecule has 1 saturated heterocycles. The minimum Gasteiger partial charge on any atom is -0.489 e. The zero-order valence-corrected chi connectivity index (χ0v) is 20.5. The maximum absolute atomic E-state index is 12.8. The molecule has 2 aromatic carbocycles. The van der Waals surface area contributed by atoms with Crippen LogP contribution < -0.4 is 10.1 Å². The molecule has 0 spiro atoms. The number of ether oxygens (including phenoxy) is 1. The summed E-state index contributed by atoms with van der Waals surface area (Å²) in [4.78, 5) is 16.7. The predicted molar refractivity (Wildman–Crippen MR) is 134 cm³/mol. The summed E-state index contributed by atoms with van der Waals surface area (Å²) in [5, 5.41) is 2.93. The second-order valence-corrected chi connectivity index (χ2v) is 10.6. The molecule has 0 bridgehead atoms. The van der Waals surface area contributed by atoms with Gasteiger partial charge in [0, 0.05) is 44.0 Å². The van der Waals surface area contributed by atoms with Gasteiger partial charge >= 0.3 is 0 Å². The molecular weight excluding hydrogens is 462 g/mol. The third kappa shape index (κ3) is 7.13. The SMILES string of the molecule is O=C(CCc1ccc(S(=O)(=O)N2CCCCC2)cc1)NCc1ccc(OCc2cccnc2)cc1. The van der Waals surface area contributed by atoms with Crippen molar-refractivity contribution in [3.63, 3.8) is 0 Å². The highest BCUT2D eigenvalue weighted by Gasteiger charge is 2.25. The van der Waals surface area contributed by atoms with Crippen molar-refractivity contribution in [1.29, 1.82) is 0 Å². The predicted octanol–water partition coefficient (Wildman–Crippen LogP) is 4.08. The third-order valence-electron chi connectivity index (χ3n) is 6.06. The van der Waals surface area contributed by atoms with Gasteiger partial charge in [-0.05, 0) is 60.7 Å². The van der Waals surface area contributed by atoms with E-state index >= 15 is 0 Å². The fourth-order valence-electron chi connectivity index (χ4n) is 3.98. The lowest BCUT2D eigenvalue weighted by molar-refractivity contribution is -0.121. The topological polar surface area (TPSA) is 88.6 Å². The van der Waals surface area contributed by atoms with Gasteiger partial charge < -0.3 is 10.1 Å². The van der Waals surface area contributed by atoms with Gasteiger partial charge in [-0.2, -0.15) is 4.31 Å². The molecular formula is C27H31N3O4S. The zero-order chi connectivity index (χ0) is 24.5. The number of sulfonamides is 1. The van der Waals surface area contributed by atoms with Gasteiger partial charge in [0.2, 0.25) is 15.9 Å². The summed E-state index contributed by atoms with van der Waals surface area (Å²) in [5.41, 5.74) is 2.93. The summed E-state index contributed by atoms with van der Waals surface area (Å²) >= 11 is 0. The van der Waals surface area contributed by atoms with Crippen molar-refractivity contribution in [3.05, 3.63) is 89.7 Å². The molecule has 1 aliphatic heterocycles. The number of piperidine rings is 1. The molecule has 1 aliphatic rings. The number of pyridine rings is 1. The summed E-state index contributed by atoms with van der Waals surface area (Å²) in [6.45, 7) is 2.07. The zero-order valence-electron chi connectivity index (χ0n) is 19.7. The normalized spacial score (nSPS) is 14.4. The summed E-state index contributed by atoms with van der Waals surface area (Å²) in [7, 11) is -3.43. The van der Waals surface area contributed by atoms with E-state index in [2.05, 4.69) is 10.3 Å². The van der Waals surface area contributed by atoms with Crippen molar-refractivity contribution in [3.8, 4) is 5.75 Å². The molecule has 1 aromatic heterocycles. The first-order valence-corrected chi connectivity index (χ1v) is 13.4. The number of rotatable bonds is 10. The van der Waals surface area contributed by atoms with E-state index in [0.717, 1.165) is 41.7 Å². The maximum atomic E-state index is 12.8. The fraction of sp³-hybridized carbons (Fsp3) is 0.333. The van der Waals surface area contributed by atoms with Crippen LogP contribution in [-0.2, 0) is 34.4 Å². The Morgan fingerprint density at radius 2 is 1.63 bits per heavy atom. The minimum absolute atomic E-state index is 0.0491. The standard InChI is InChI=1S/C27H31N3O4S/c31-27(29-20-23-6-11-25(12-7-23)34-21-24-5-4-16-28-19-24)15-10-22-8-13-26(14-9-22)35(32,33)30-17-2-1-3-18-30/h4-9,11-14,16,19H,1-3,10,15,17-18,20-21H2,(H,29,31). The first-order valence-electron chi connectivity index (χ1n) is 12.0. The Kier molecular flexibility index (Phi) is 8.50. The number of aryl methyl sites for hydroxylation is 1. The minimum atomic E-state index is -3.43. The average molecular weight is 494 g/mol. The van der Waals surface area contributed by atoms with Crippen LogP contribution in [-0.4, -0.2) is 36.7 Å². The number of hydrogen-bond donors (Lipinski definition) is 1. The molecule has 184 valence electrons. The number of amides is 1. The molecule has 3 aromatic rings. The average Bonchev–Trinajstić information content (AvgIpc) is 2.91. The molecule has 0 radical (unpaired) electrons. The van der Waals surface area contributed by atoms with E-state index in [1.165, 1.54) is 0 Å². The third-order valence-corrected chi connectivity index (χ3v) is 7.97. The molecule has 0 atom stereocenters. The van der Waals surface area contributed by atoms with Crippen LogP contribution in [0.5, 0.6) is 5.75 Å². The fourth-order valence-corrected chi connectivity index (χ4v) is 5.50. The molecule has 4 rings (SSSR count). The van der Waals surface area contributed by atoms with Gasteiger partial charge in [0.05, 0.1) is 4.90 Å². The maximum Gasteiger partial charge on any atom is 0.243 e. The monoisotopic (exact) mass is 493 g/mol. The lowest BCUT2D eigenvalue weighted by Crippen LogP contribution is -2.35. The molecule has 1 amide bonds. The van der Waals surface area contributed by atoms with Crippen LogP contribution in [0.3, 0.4) is 0 Å². The van der Waals surface area contributed by atoms with E-state index in [1.54, 1.807) is 41.0 Å². The van der Waals surface area contributed by atoms with Crippen LogP contribution in [0.1, 0.15) is 42.4 Å². The lowest BCUT2D eigenvalue weighted by atomic mass is 10.1. The van der Waals surface area contributed by atoms with Crippen LogP contribution in [0, 0.1) is 0 Å². The Morgan fingerprint density at radius 3 is 2.31 bits per heavy atom. The second kappa shape index (κ2) is 12.0. The van der Waals surface area contributed by atoms with E-state index in [0.29, 0.717) is 44.0 Å². The van der Waals surface area contributed by atoms with Gasteiger partial charge in [-0.1, -0.05) is 36.8 Å². The van der Waals surface area contributed by atoms with Crippen LogP contribution in [0.25, 0.3) is 0 Å². The van der Waals surface area contributed by atoms with E-state index in [-0.39, 0.29) is 5.91 Å². The van der Waals surface area contributed by atoms with Crippen molar-refractivity contribution in [2.45, 2.75) is 50.2 Å². The highest BCUT2D eigenvalue weighted by molar-refractivity contribution is 7.89. The number of carbonyl (C=O) groups excluding carboxylic acids is 1. The van der Waals surface area contributed by atoms with Crippen molar-refractivity contribution in [2.75, 3.05) is 13.1 Å². The van der Waals surface area contributed by atoms with E-state index < -0.39 is 10.0 Å². The molecule has 0 aliphatic carbocycles. The number of hydrogen-bond acceptors (Lipinski definition) is 5. The summed E-state index contributed by atoms with van der Waals surface area (Å²) in [5.74, 6) is 0.710. The van der Waals surface area contributed by atoms with Crippen molar-refractivity contribution in [1.82, 2.24) is 14.6 Å². The van der Waals surface area contributed by atoms with Crippen molar-refractivity contribution < 1.29 is 17.9 Å². The lowest BCUT2D eigenvalue weighted by Gasteiger charge is -2.25. The molecule has 0 unspecified atom stereocenters. The van der Waals surface area contributed by atoms with Gasteiger partial charge in [0.15, 0.2) is 0 Å². The van der Waals surface area contributed by atoms with Gasteiger partial charge in [0.25, 0.3) is 0 Å². The number of nitrogens with one attached hydrogen (secondary N) is 1. The number of benzene rings is 2. The highest BCUT2D eigenvalue weighted by Crippen LogP contribution is 2.21. The van der Waals surface area contributed by atoms with E-state index in [1.807, 2.05) is 36.4 Å². The first kappa shape index (κ1) is 24.9. The summed E-state index contributed by atoms with van der Waals surface area (Å²) < 4.78 is 32.8. The van der Waals surface area contributed by atoms with Crippen molar-refractivity contribution in [2.24, 2.45) is 0 Å². The van der Waals surface area contributed by atoms with Gasteiger partial charge in [-0.15, -0.1) is 0 Å². The Morgan fingerprint density at radius 1 is 0.914 bits per heavy atom. The molecule has 0 saturated carbocycles.